The summed E-state index contributed by atoms with van der Waals surface area (Å²) in [4.78, 5) is 13.8. The van der Waals surface area contributed by atoms with Crippen LogP contribution in [0.3, 0.4) is 0 Å². The fourth-order valence-corrected chi connectivity index (χ4v) is 2.86. The van der Waals surface area contributed by atoms with Crippen LogP contribution in [0.4, 0.5) is 5.13 Å². The highest BCUT2D eigenvalue weighted by atomic mass is 32.2. The summed E-state index contributed by atoms with van der Waals surface area (Å²) in [6.45, 7) is 2.99. The predicted octanol–water partition coefficient (Wildman–Crippen LogP) is 1.07. The number of aryl methyl sites for hydroxylation is 1. The topological polar surface area (TPSA) is 88.5 Å². The van der Waals surface area contributed by atoms with E-state index in [1.165, 1.54) is 27.8 Å². The van der Waals surface area contributed by atoms with Crippen LogP contribution in [-0.4, -0.2) is 31.5 Å². The third-order valence-electron chi connectivity index (χ3n) is 2.08. The Bertz CT molecular complexity index is 559. The molecule has 0 aromatic carbocycles. The van der Waals surface area contributed by atoms with Gasteiger partial charge in [0, 0.05) is 13.6 Å². The van der Waals surface area contributed by atoms with Crippen LogP contribution >= 0.6 is 23.1 Å². The molecular weight excluding hydrogens is 272 g/mol. The van der Waals surface area contributed by atoms with Crippen LogP contribution in [-0.2, 0) is 12.8 Å². The van der Waals surface area contributed by atoms with E-state index in [0.717, 1.165) is 22.4 Å². The van der Waals surface area contributed by atoms with Crippen molar-refractivity contribution in [1.82, 2.24) is 25.0 Å². The maximum Gasteiger partial charge on any atom is 0.343 e. The van der Waals surface area contributed by atoms with E-state index < -0.39 is 0 Å². The lowest BCUT2D eigenvalue weighted by Crippen LogP contribution is -2.13. The van der Waals surface area contributed by atoms with E-state index in [4.69, 9.17) is 0 Å². The van der Waals surface area contributed by atoms with E-state index in [0.29, 0.717) is 11.6 Å². The molecule has 2 aromatic heterocycles. The van der Waals surface area contributed by atoms with Crippen molar-refractivity contribution in [2.45, 2.75) is 23.4 Å². The van der Waals surface area contributed by atoms with E-state index >= 15 is 0 Å². The quantitative estimate of drug-likeness (QED) is 0.772. The lowest BCUT2D eigenvalue weighted by Gasteiger charge is -1.95. The molecule has 2 aromatic rings. The van der Waals surface area contributed by atoms with Crippen molar-refractivity contribution in [3.63, 3.8) is 0 Å². The molecule has 98 valence electrons. The minimum Gasteiger partial charge on any atom is -0.360 e. The van der Waals surface area contributed by atoms with Crippen LogP contribution in [0.2, 0.25) is 0 Å². The Kier molecular flexibility index (Phi) is 4.37. The first-order valence-electron chi connectivity index (χ1n) is 5.51. The highest BCUT2D eigenvalue weighted by molar-refractivity contribution is 8.00. The van der Waals surface area contributed by atoms with Gasteiger partial charge in [-0.3, -0.25) is 4.98 Å². The standard InChI is InChI=1S/C9H14N6OS2/c1-3-4-10-7-12-13-9(18-7)17-5-6-11-8(16)15(2)14-6/h3-5H2,1-2H3,(H,10,12)(H,11,14,16). The number of H-pyrrole nitrogens is 1. The number of anilines is 1. The Morgan fingerprint density at radius 3 is 3.00 bits per heavy atom. The van der Waals surface area contributed by atoms with Gasteiger partial charge in [0.05, 0.1) is 5.75 Å². The first kappa shape index (κ1) is 13.1. The molecular formula is C9H14N6OS2. The van der Waals surface area contributed by atoms with Gasteiger partial charge >= 0.3 is 5.69 Å². The van der Waals surface area contributed by atoms with Crippen LogP contribution in [0.5, 0.6) is 0 Å². The Labute approximate surface area is 112 Å². The van der Waals surface area contributed by atoms with E-state index in [1.807, 2.05) is 0 Å². The lowest BCUT2D eigenvalue weighted by molar-refractivity contribution is 0.727. The summed E-state index contributed by atoms with van der Waals surface area (Å²) in [7, 11) is 1.62. The maximum atomic E-state index is 11.2. The lowest BCUT2D eigenvalue weighted by atomic mass is 10.5. The molecule has 9 heteroatoms. The van der Waals surface area contributed by atoms with Crippen molar-refractivity contribution in [1.29, 1.82) is 0 Å². The largest absolute Gasteiger partial charge is 0.360 e. The second kappa shape index (κ2) is 6.01. The zero-order chi connectivity index (χ0) is 13.0. The van der Waals surface area contributed by atoms with Gasteiger partial charge in [-0.1, -0.05) is 30.0 Å². The van der Waals surface area contributed by atoms with Gasteiger partial charge in [-0.15, -0.1) is 10.2 Å². The number of thioether (sulfide) groups is 1. The van der Waals surface area contributed by atoms with Gasteiger partial charge in [0.15, 0.2) is 4.34 Å². The van der Waals surface area contributed by atoms with Crippen LogP contribution < -0.4 is 11.0 Å². The number of aromatic amines is 1. The van der Waals surface area contributed by atoms with E-state index in [1.54, 1.807) is 7.05 Å². The van der Waals surface area contributed by atoms with Gasteiger partial charge in [0.25, 0.3) is 0 Å². The van der Waals surface area contributed by atoms with Crippen molar-refractivity contribution >= 4 is 28.2 Å². The summed E-state index contributed by atoms with van der Waals surface area (Å²) < 4.78 is 2.14. The number of hydrogen-bond donors (Lipinski definition) is 2. The Balaban J connectivity index is 1.89. The third-order valence-corrected chi connectivity index (χ3v) is 4.11. The second-order valence-corrected chi connectivity index (χ2v) is 5.79. The second-order valence-electron chi connectivity index (χ2n) is 3.59. The van der Waals surface area contributed by atoms with Crippen LogP contribution in [0.1, 0.15) is 19.2 Å². The van der Waals surface area contributed by atoms with Crippen molar-refractivity contribution in [3.8, 4) is 0 Å². The summed E-state index contributed by atoms with van der Waals surface area (Å²) in [5, 5.41) is 16.1. The molecule has 0 fully saturated rings. The summed E-state index contributed by atoms with van der Waals surface area (Å²) in [6, 6.07) is 0. The van der Waals surface area contributed by atoms with E-state index in [2.05, 4.69) is 32.5 Å². The van der Waals surface area contributed by atoms with Crippen LogP contribution in [0.25, 0.3) is 0 Å². The fraction of sp³-hybridized carbons (Fsp3) is 0.556. The normalized spacial score (nSPS) is 10.8. The summed E-state index contributed by atoms with van der Waals surface area (Å²) in [6.07, 6.45) is 1.05. The molecule has 0 saturated carbocycles. The summed E-state index contributed by atoms with van der Waals surface area (Å²) in [5.41, 5.74) is -0.201. The number of nitrogens with zero attached hydrogens (tertiary/aromatic N) is 4. The van der Waals surface area contributed by atoms with Gasteiger partial charge in [-0.25, -0.2) is 9.48 Å². The van der Waals surface area contributed by atoms with Crippen molar-refractivity contribution in [3.05, 3.63) is 16.3 Å². The van der Waals surface area contributed by atoms with E-state index in [-0.39, 0.29) is 5.69 Å². The highest BCUT2D eigenvalue weighted by Gasteiger charge is 2.07. The molecule has 2 N–H and O–H groups in total. The molecule has 0 atom stereocenters. The number of rotatable bonds is 6. The van der Waals surface area contributed by atoms with Gasteiger partial charge in [-0.2, -0.15) is 5.10 Å². The maximum absolute atomic E-state index is 11.2. The molecule has 2 rings (SSSR count). The van der Waals surface area contributed by atoms with Gasteiger partial charge in [0.1, 0.15) is 5.82 Å². The molecule has 0 aliphatic heterocycles. The first-order valence-corrected chi connectivity index (χ1v) is 7.31. The molecule has 0 aliphatic rings. The van der Waals surface area contributed by atoms with Crippen LogP contribution in [0.15, 0.2) is 9.13 Å². The van der Waals surface area contributed by atoms with Crippen molar-refractivity contribution < 1.29 is 0 Å². The minimum atomic E-state index is -0.201. The Hall–Kier alpha value is -1.35. The molecule has 7 nitrogen and oxygen atoms in total. The monoisotopic (exact) mass is 286 g/mol. The van der Waals surface area contributed by atoms with Crippen LogP contribution in [0, 0.1) is 0 Å². The summed E-state index contributed by atoms with van der Waals surface area (Å²) >= 11 is 3.01. The Morgan fingerprint density at radius 2 is 2.33 bits per heavy atom. The molecule has 2 heterocycles. The molecule has 0 bridgehead atoms. The molecule has 0 saturated heterocycles. The highest BCUT2D eigenvalue weighted by Crippen LogP contribution is 2.27. The number of aromatic nitrogens is 5. The molecule has 18 heavy (non-hydrogen) atoms. The average molecular weight is 286 g/mol. The predicted molar refractivity (Wildman–Crippen MR) is 72.1 cm³/mol. The Morgan fingerprint density at radius 1 is 1.50 bits per heavy atom. The smallest absolute Gasteiger partial charge is 0.343 e. The average Bonchev–Trinajstić information content (AvgIpc) is 2.92. The first-order chi connectivity index (χ1) is 8.69. The molecule has 0 aliphatic carbocycles. The molecule has 0 radical (unpaired) electrons. The van der Waals surface area contributed by atoms with Crippen molar-refractivity contribution in [2.24, 2.45) is 7.05 Å². The minimum absolute atomic E-state index is 0.201. The van der Waals surface area contributed by atoms with Gasteiger partial charge in [-0.05, 0) is 6.42 Å². The fourth-order valence-electron chi connectivity index (χ4n) is 1.22. The van der Waals surface area contributed by atoms with Crippen molar-refractivity contribution in [2.75, 3.05) is 11.9 Å². The SMILES string of the molecule is CCCNc1nnc(SCc2nn(C)c(=O)[nH]2)s1. The third kappa shape index (κ3) is 3.33. The number of hydrogen-bond acceptors (Lipinski definition) is 7. The molecule has 0 spiro atoms. The van der Waals surface area contributed by atoms with Gasteiger partial charge in [0.2, 0.25) is 5.13 Å². The summed E-state index contributed by atoms with van der Waals surface area (Å²) in [5.74, 6) is 1.23. The molecule has 0 amide bonds. The number of nitrogens with one attached hydrogen (secondary N) is 2. The molecule has 0 unspecified atom stereocenters. The van der Waals surface area contributed by atoms with E-state index in [9.17, 15) is 4.79 Å². The van der Waals surface area contributed by atoms with Gasteiger partial charge < -0.3 is 5.32 Å². The zero-order valence-electron chi connectivity index (χ0n) is 10.1. The zero-order valence-corrected chi connectivity index (χ0v) is 11.8.